The lowest BCUT2D eigenvalue weighted by Crippen LogP contribution is -2.70. The van der Waals surface area contributed by atoms with E-state index < -0.39 is 21.5 Å². The Hall–Kier alpha value is -1.64. The number of piperazine rings is 1. The molecule has 0 bridgehead atoms. The summed E-state index contributed by atoms with van der Waals surface area (Å²) in [5, 5.41) is 3.60. The van der Waals surface area contributed by atoms with E-state index in [0.717, 1.165) is 48.4 Å². The topological polar surface area (TPSA) is 86.8 Å². The number of sulfonamides is 1. The van der Waals surface area contributed by atoms with Crippen molar-refractivity contribution in [3.8, 4) is 0 Å². The fourth-order valence-electron chi connectivity index (χ4n) is 4.43. The van der Waals surface area contributed by atoms with Crippen LogP contribution in [0.3, 0.4) is 0 Å². The summed E-state index contributed by atoms with van der Waals surface area (Å²) in [5.41, 5.74) is -0.0371. The van der Waals surface area contributed by atoms with Gasteiger partial charge in [0.1, 0.15) is 5.54 Å². The van der Waals surface area contributed by atoms with Gasteiger partial charge in [-0.3, -0.25) is 14.5 Å². The van der Waals surface area contributed by atoms with Crippen molar-refractivity contribution < 1.29 is 18.0 Å². The number of halogens is 1. The van der Waals surface area contributed by atoms with Crippen LogP contribution in [0.5, 0.6) is 0 Å². The first-order valence-electron chi connectivity index (χ1n) is 11.0. The average molecular weight is 470 g/mol. The zero-order valence-corrected chi connectivity index (χ0v) is 20.1. The van der Waals surface area contributed by atoms with Crippen LogP contribution in [-0.2, 0) is 19.6 Å². The molecule has 9 heteroatoms. The van der Waals surface area contributed by atoms with E-state index in [1.165, 1.54) is 11.8 Å². The molecule has 172 valence electrons. The molecular formula is C22H32ClN3O4S. The Morgan fingerprint density at radius 1 is 1.23 bits per heavy atom. The molecule has 3 rings (SSSR count). The van der Waals surface area contributed by atoms with Gasteiger partial charge in [0, 0.05) is 23.3 Å². The van der Waals surface area contributed by atoms with Gasteiger partial charge in [-0.15, -0.1) is 0 Å². The maximum absolute atomic E-state index is 13.6. The standard InChI is InChI=1S/C22H32ClN3O4S/c1-4-31(29,30)25-14-20(27)26(18-12-11-16(2)19(23)13-18)22(3,15-25)21(28)24-17-9-7-5-6-8-10-17/h11-13,17H,4-10,14-15H2,1-3H3,(H,24,28). The van der Waals surface area contributed by atoms with Gasteiger partial charge in [-0.2, -0.15) is 4.31 Å². The molecule has 1 aromatic rings. The molecule has 31 heavy (non-hydrogen) atoms. The fourth-order valence-corrected chi connectivity index (χ4v) is 5.73. The normalized spacial score (nSPS) is 24.1. The number of aryl methyl sites for hydroxylation is 1. The Bertz CT molecular complexity index is 944. The van der Waals surface area contributed by atoms with Gasteiger partial charge in [0.25, 0.3) is 0 Å². The highest BCUT2D eigenvalue weighted by Gasteiger charge is 2.51. The van der Waals surface area contributed by atoms with Crippen LogP contribution in [0.25, 0.3) is 0 Å². The van der Waals surface area contributed by atoms with Gasteiger partial charge in [0.2, 0.25) is 21.8 Å². The zero-order valence-electron chi connectivity index (χ0n) is 18.5. The molecule has 2 aliphatic rings. The van der Waals surface area contributed by atoms with Crippen LogP contribution >= 0.6 is 11.6 Å². The van der Waals surface area contributed by atoms with Crippen molar-refractivity contribution in [2.24, 2.45) is 0 Å². The molecule has 1 N–H and O–H groups in total. The van der Waals surface area contributed by atoms with Gasteiger partial charge >= 0.3 is 0 Å². The molecule has 0 aromatic heterocycles. The van der Waals surface area contributed by atoms with Gasteiger partial charge in [-0.1, -0.05) is 43.4 Å². The Labute approximate surface area is 190 Å². The number of hydrogen-bond acceptors (Lipinski definition) is 4. The van der Waals surface area contributed by atoms with E-state index in [4.69, 9.17) is 11.6 Å². The second kappa shape index (κ2) is 9.46. The summed E-state index contributed by atoms with van der Waals surface area (Å²) in [7, 11) is -3.64. The number of carbonyl (C=O) groups excluding carboxylic acids is 2. The minimum absolute atomic E-state index is 0.0311. The molecule has 2 amide bonds. The summed E-state index contributed by atoms with van der Waals surface area (Å²) in [5.74, 6) is -0.904. The molecule has 1 aromatic carbocycles. The number of hydrogen-bond donors (Lipinski definition) is 1. The third kappa shape index (κ3) is 5.07. The number of amides is 2. The van der Waals surface area contributed by atoms with Crippen molar-refractivity contribution in [3.05, 3.63) is 28.8 Å². The van der Waals surface area contributed by atoms with Crippen molar-refractivity contribution in [3.63, 3.8) is 0 Å². The van der Waals surface area contributed by atoms with Crippen LogP contribution in [0.2, 0.25) is 5.02 Å². The molecule has 1 unspecified atom stereocenters. The molecule has 1 atom stereocenters. The summed E-state index contributed by atoms with van der Waals surface area (Å²) in [6.07, 6.45) is 6.19. The SMILES string of the molecule is CCS(=O)(=O)N1CC(=O)N(c2ccc(C)c(Cl)c2)C(C)(C(=O)NC2CCCCCC2)C1. The summed E-state index contributed by atoms with van der Waals surface area (Å²) < 4.78 is 26.3. The van der Waals surface area contributed by atoms with E-state index in [1.807, 2.05) is 6.92 Å². The lowest BCUT2D eigenvalue weighted by molar-refractivity contribution is -0.133. The Morgan fingerprint density at radius 3 is 2.45 bits per heavy atom. The van der Waals surface area contributed by atoms with Crippen molar-refractivity contribution in [2.45, 2.75) is 70.9 Å². The Balaban J connectivity index is 1.99. The molecule has 7 nitrogen and oxygen atoms in total. The maximum atomic E-state index is 13.6. The van der Waals surface area contributed by atoms with Crippen LogP contribution in [0.15, 0.2) is 18.2 Å². The number of carbonyl (C=O) groups is 2. The van der Waals surface area contributed by atoms with E-state index in [2.05, 4.69) is 5.32 Å². The van der Waals surface area contributed by atoms with E-state index in [9.17, 15) is 18.0 Å². The largest absolute Gasteiger partial charge is 0.351 e. The van der Waals surface area contributed by atoms with Gasteiger partial charge < -0.3 is 5.32 Å². The smallest absolute Gasteiger partial charge is 0.247 e. The van der Waals surface area contributed by atoms with Crippen LogP contribution in [0, 0.1) is 6.92 Å². The van der Waals surface area contributed by atoms with E-state index in [0.29, 0.717) is 10.7 Å². The van der Waals surface area contributed by atoms with Crippen LogP contribution in [0.4, 0.5) is 5.69 Å². The van der Waals surface area contributed by atoms with E-state index in [-0.39, 0.29) is 30.8 Å². The van der Waals surface area contributed by atoms with Crippen molar-refractivity contribution in [1.82, 2.24) is 9.62 Å². The Kier molecular flexibility index (Phi) is 7.33. The number of nitrogens with one attached hydrogen (secondary N) is 1. The summed E-state index contributed by atoms with van der Waals surface area (Å²) in [4.78, 5) is 28.2. The molecule has 0 radical (unpaired) electrons. The third-order valence-electron chi connectivity index (χ3n) is 6.39. The quantitative estimate of drug-likeness (QED) is 0.670. The number of rotatable bonds is 5. The molecule has 1 aliphatic heterocycles. The van der Waals surface area contributed by atoms with Crippen molar-refractivity contribution in [2.75, 3.05) is 23.7 Å². The minimum atomic E-state index is -3.64. The highest BCUT2D eigenvalue weighted by Crippen LogP contribution is 2.33. The minimum Gasteiger partial charge on any atom is -0.351 e. The van der Waals surface area contributed by atoms with E-state index in [1.54, 1.807) is 25.1 Å². The molecule has 1 aliphatic carbocycles. The fraction of sp³-hybridized carbons (Fsp3) is 0.636. The predicted octanol–water partition coefficient (Wildman–Crippen LogP) is 3.24. The number of anilines is 1. The molecule has 1 heterocycles. The van der Waals surface area contributed by atoms with Gasteiger partial charge in [-0.25, -0.2) is 8.42 Å². The molecule has 2 fully saturated rings. The average Bonchev–Trinajstić information content (AvgIpc) is 2.98. The second-order valence-corrected chi connectivity index (χ2v) is 11.4. The zero-order chi connectivity index (χ0) is 22.8. The highest BCUT2D eigenvalue weighted by atomic mass is 35.5. The lowest BCUT2D eigenvalue weighted by Gasteiger charge is -2.47. The maximum Gasteiger partial charge on any atom is 0.247 e. The lowest BCUT2D eigenvalue weighted by atomic mass is 9.93. The predicted molar refractivity (Wildman–Crippen MR) is 123 cm³/mol. The number of benzene rings is 1. The second-order valence-electron chi connectivity index (χ2n) is 8.77. The summed E-state index contributed by atoms with van der Waals surface area (Å²) in [6, 6.07) is 5.24. The van der Waals surface area contributed by atoms with Crippen LogP contribution in [-0.4, -0.2) is 55.0 Å². The molecule has 0 spiro atoms. The first-order chi connectivity index (χ1) is 14.6. The monoisotopic (exact) mass is 469 g/mol. The first kappa shape index (κ1) is 24.0. The van der Waals surface area contributed by atoms with Crippen LogP contribution in [0.1, 0.15) is 57.9 Å². The van der Waals surface area contributed by atoms with Crippen molar-refractivity contribution in [1.29, 1.82) is 0 Å². The molecular weight excluding hydrogens is 438 g/mol. The molecule has 1 saturated heterocycles. The highest BCUT2D eigenvalue weighted by molar-refractivity contribution is 7.89. The van der Waals surface area contributed by atoms with Crippen LogP contribution < -0.4 is 10.2 Å². The summed E-state index contributed by atoms with van der Waals surface area (Å²) >= 11 is 6.31. The van der Waals surface area contributed by atoms with Crippen molar-refractivity contribution >= 4 is 39.1 Å². The van der Waals surface area contributed by atoms with Gasteiger partial charge in [-0.05, 0) is 51.3 Å². The summed E-state index contributed by atoms with van der Waals surface area (Å²) in [6.45, 7) is 4.64. The van der Waals surface area contributed by atoms with Gasteiger partial charge in [0.15, 0.2) is 0 Å². The number of nitrogens with zero attached hydrogens (tertiary/aromatic N) is 2. The van der Waals surface area contributed by atoms with E-state index >= 15 is 0 Å². The first-order valence-corrected chi connectivity index (χ1v) is 12.9. The molecule has 1 saturated carbocycles. The Morgan fingerprint density at radius 2 is 1.87 bits per heavy atom. The third-order valence-corrected chi connectivity index (χ3v) is 8.57. The van der Waals surface area contributed by atoms with Gasteiger partial charge in [0.05, 0.1) is 12.3 Å².